The molecule has 0 saturated carbocycles. The molecule has 3 nitrogen and oxygen atoms in total. The number of hydrogen-bond acceptors (Lipinski definition) is 3. The number of nitrogens with zero attached hydrogens (tertiary/aromatic N) is 2. The zero-order chi connectivity index (χ0) is 13.9. The third-order valence-electron chi connectivity index (χ3n) is 4.37. The van der Waals surface area contributed by atoms with Crippen LogP contribution in [0.25, 0.3) is 0 Å². The van der Waals surface area contributed by atoms with E-state index in [2.05, 4.69) is 47.3 Å². The van der Waals surface area contributed by atoms with Crippen LogP contribution in [0.5, 0.6) is 0 Å². The number of benzene rings is 1. The lowest BCUT2D eigenvalue weighted by molar-refractivity contribution is -0.0547. The van der Waals surface area contributed by atoms with E-state index in [0.29, 0.717) is 0 Å². The smallest absolute Gasteiger partial charge is 0.116 e. The van der Waals surface area contributed by atoms with E-state index < -0.39 is 0 Å². The molecule has 2 aliphatic rings. The third-order valence-corrected chi connectivity index (χ3v) is 4.37. The fourth-order valence-electron chi connectivity index (χ4n) is 3.24. The number of piperidine rings is 1. The molecule has 3 rings (SSSR count). The van der Waals surface area contributed by atoms with Gasteiger partial charge in [-0.3, -0.25) is 0 Å². The SMILES string of the molecule is COC1=CCN(N2CCCCC2)C1c1ccc(C)cc1. The molecule has 0 spiro atoms. The molecule has 1 aromatic carbocycles. The molecule has 2 aliphatic heterocycles. The van der Waals surface area contributed by atoms with Gasteiger partial charge in [0.15, 0.2) is 0 Å². The Morgan fingerprint density at radius 2 is 1.75 bits per heavy atom. The molecule has 1 aromatic rings. The quantitative estimate of drug-likeness (QED) is 0.840. The van der Waals surface area contributed by atoms with E-state index in [0.717, 1.165) is 12.3 Å². The zero-order valence-corrected chi connectivity index (χ0v) is 12.5. The fraction of sp³-hybridized carbons (Fsp3) is 0.529. The van der Waals surface area contributed by atoms with Gasteiger partial charge in [0.25, 0.3) is 0 Å². The Hall–Kier alpha value is -1.32. The van der Waals surface area contributed by atoms with Gasteiger partial charge in [0, 0.05) is 19.6 Å². The molecule has 2 heterocycles. The summed E-state index contributed by atoms with van der Waals surface area (Å²) in [6.45, 7) is 5.44. The average molecular weight is 272 g/mol. The molecule has 0 bridgehead atoms. The minimum Gasteiger partial charge on any atom is -0.499 e. The van der Waals surface area contributed by atoms with Crippen molar-refractivity contribution in [2.24, 2.45) is 0 Å². The molecule has 0 N–H and O–H groups in total. The summed E-state index contributed by atoms with van der Waals surface area (Å²) < 4.78 is 5.62. The maximum Gasteiger partial charge on any atom is 0.116 e. The van der Waals surface area contributed by atoms with Crippen molar-refractivity contribution in [3.05, 3.63) is 47.2 Å². The number of hydrogen-bond donors (Lipinski definition) is 0. The molecule has 1 atom stereocenters. The molecular formula is C17H24N2O. The van der Waals surface area contributed by atoms with Crippen molar-refractivity contribution in [3.8, 4) is 0 Å². The first-order chi connectivity index (χ1) is 9.79. The van der Waals surface area contributed by atoms with E-state index in [-0.39, 0.29) is 6.04 Å². The predicted octanol–water partition coefficient (Wildman–Crippen LogP) is 3.28. The van der Waals surface area contributed by atoms with E-state index in [9.17, 15) is 0 Å². The van der Waals surface area contributed by atoms with Crippen molar-refractivity contribution in [3.63, 3.8) is 0 Å². The highest BCUT2D eigenvalue weighted by Crippen LogP contribution is 2.35. The van der Waals surface area contributed by atoms with Gasteiger partial charge in [0.2, 0.25) is 0 Å². The van der Waals surface area contributed by atoms with E-state index in [1.165, 1.54) is 43.5 Å². The van der Waals surface area contributed by atoms with E-state index >= 15 is 0 Å². The van der Waals surface area contributed by atoms with Crippen LogP contribution in [0, 0.1) is 6.92 Å². The minimum atomic E-state index is 0.249. The van der Waals surface area contributed by atoms with Crippen molar-refractivity contribution in [1.29, 1.82) is 0 Å². The van der Waals surface area contributed by atoms with Crippen LogP contribution in [0.2, 0.25) is 0 Å². The Labute approximate surface area is 121 Å². The van der Waals surface area contributed by atoms with Gasteiger partial charge < -0.3 is 4.74 Å². The van der Waals surface area contributed by atoms with Crippen LogP contribution >= 0.6 is 0 Å². The maximum absolute atomic E-state index is 5.62. The Balaban J connectivity index is 1.85. The molecule has 1 fully saturated rings. The first-order valence-corrected chi connectivity index (χ1v) is 7.61. The van der Waals surface area contributed by atoms with Crippen molar-refractivity contribution >= 4 is 0 Å². The van der Waals surface area contributed by atoms with Crippen molar-refractivity contribution in [1.82, 2.24) is 10.0 Å². The van der Waals surface area contributed by atoms with Crippen molar-refractivity contribution < 1.29 is 4.74 Å². The van der Waals surface area contributed by atoms with Crippen LogP contribution in [0.4, 0.5) is 0 Å². The average Bonchev–Trinajstić information content (AvgIpc) is 2.93. The summed E-state index contributed by atoms with van der Waals surface area (Å²) in [6.07, 6.45) is 6.20. The fourth-order valence-corrected chi connectivity index (χ4v) is 3.24. The zero-order valence-electron chi connectivity index (χ0n) is 12.5. The van der Waals surface area contributed by atoms with Crippen LogP contribution in [0.3, 0.4) is 0 Å². The summed E-state index contributed by atoms with van der Waals surface area (Å²) in [7, 11) is 1.78. The van der Waals surface area contributed by atoms with Crippen LogP contribution in [-0.2, 0) is 4.74 Å². The Kier molecular flexibility index (Phi) is 4.08. The summed E-state index contributed by atoms with van der Waals surface area (Å²) in [6, 6.07) is 9.09. The summed E-state index contributed by atoms with van der Waals surface area (Å²) in [5.74, 6) is 1.08. The van der Waals surface area contributed by atoms with Crippen LogP contribution in [-0.4, -0.2) is 36.8 Å². The van der Waals surface area contributed by atoms with Gasteiger partial charge in [-0.2, -0.15) is 0 Å². The van der Waals surface area contributed by atoms with Gasteiger partial charge in [-0.25, -0.2) is 10.0 Å². The van der Waals surface area contributed by atoms with Gasteiger partial charge in [-0.15, -0.1) is 0 Å². The first-order valence-electron chi connectivity index (χ1n) is 7.61. The van der Waals surface area contributed by atoms with E-state index in [1.54, 1.807) is 7.11 Å². The molecule has 1 saturated heterocycles. The Morgan fingerprint density at radius 1 is 1.05 bits per heavy atom. The minimum absolute atomic E-state index is 0.249. The van der Waals surface area contributed by atoms with Gasteiger partial charge in [0.05, 0.1) is 7.11 Å². The van der Waals surface area contributed by atoms with E-state index in [4.69, 9.17) is 4.74 Å². The molecule has 1 unspecified atom stereocenters. The lowest BCUT2D eigenvalue weighted by Gasteiger charge is -2.39. The highest BCUT2D eigenvalue weighted by Gasteiger charge is 2.34. The topological polar surface area (TPSA) is 15.7 Å². The Morgan fingerprint density at radius 3 is 2.40 bits per heavy atom. The normalized spacial score (nSPS) is 24.7. The maximum atomic E-state index is 5.62. The molecule has 108 valence electrons. The highest BCUT2D eigenvalue weighted by molar-refractivity contribution is 5.31. The highest BCUT2D eigenvalue weighted by atomic mass is 16.5. The summed E-state index contributed by atoms with van der Waals surface area (Å²) in [5.41, 5.74) is 2.63. The number of methoxy groups -OCH3 is 1. The molecule has 0 radical (unpaired) electrons. The standard InChI is InChI=1S/C17H24N2O/c1-14-6-8-15(9-7-14)17-16(20-2)10-13-19(17)18-11-4-3-5-12-18/h6-10,17H,3-5,11-13H2,1-2H3. The largest absolute Gasteiger partial charge is 0.499 e. The summed E-state index contributed by atoms with van der Waals surface area (Å²) in [5, 5.41) is 4.99. The third kappa shape index (κ3) is 2.60. The van der Waals surface area contributed by atoms with Crippen LogP contribution in [0.15, 0.2) is 36.1 Å². The number of ether oxygens (including phenoxy) is 1. The monoisotopic (exact) mass is 272 g/mol. The molecule has 3 heteroatoms. The van der Waals surface area contributed by atoms with Crippen molar-refractivity contribution in [2.75, 3.05) is 26.7 Å². The summed E-state index contributed by atoms with van der Waals surface area (Å²) >= 11 is 0. The number of rotatable bonds is 3. The molecule has 20 heavy (non-hydrogen) atoms. The summed E-state index contributed by atoms with van der Waals surface area (Å²) in [4.78, 5) is 0. The lowest BCUT2D eigenvalue weighted by Crippen LogP contribution is -2.45. The second-order valence-electron chi connectivity index (χ2n) is 5.76. The second-order valence-corrected chi connectivity index (χ2v) is 5.76. The van der Waals surface area contributed by atoms with Gasteiger partial charge in [0.1, 0.15) is 11.8 Å². The van der Waals surface area contributed by atoms with Gasteiger partial charge in [-0.1, -0.05) is 36.2 Å². The van der Waals surface area contributed by atoms with Crippen LogP contribution in [0.1, 0.15) is 36.4 Å². The van der Waals surface area contributed by atoms with E-state index in [1.807, 2.05) is 0 Å². The van der Waals surface area contributed by atoms with Crippen molar-refractivity contribution in [2.45, 2.75) is 32.2 Å². The van der Waals surface area contributed by atoms with Crippen LogP contribution < -0.4 is 0 Å². The molecule has 0 aromatic heterocycles. The molecular weight excluding hydrogens is 248 g/mol. The lowest BCUT2D eigenvalue weighted by atomic mass is 10.0. The number of hydrazine groups is 1. The molecule has 0 amide bonds. The number of aryl methyl sites for hydroxylation is 1. The Bertz CT molecular complexity index is 474. The van der Waals surface area contributed by atoms with Gasteiger partial charge >= 0.3 is 0 Å². The second kappa shape index (κ2) is 5.98. The molecule has 0 aliphatic carbocycles. The predicted molar refractivity (Wildman–Crippen MR) is 81.1 cm³/mol. The van der Waals surface area contributed by atoms with Gasteiger partial charge in [-0.05, 0) is 31.4 Å². The first kappa shape index (κ1) is 13.7.